The molecule has 1 aromatic heterocycles. The molecule has 3 N–H and O–H groups in total. The Labute approximate surface area is 188 Å². The average Bonchev–Trinajstić information content (AvgIpc) is 3.19. The Hall–Kier alpha value is -2.29. The van der Waals surface area contributed by atoms with Crippen LogP contribution < -0.4 is 10.1 Å². The highest BCUT2D eigenvalue weighted by Crippen LogP contribution is 2.58. The van der Waals surface area contributed by atoms with Crippen molar-refractivity contribution in [3.8, 4) is 18.1 Å². The number of nitrogens with one attached hydrogen (secondary N) is 1. The zero-order chi connectivity index (χ0) is 23.3. The summed E-state index contributed by atoms with van der Waals surface area (Å²) in [6.45, 7) is 3.59. The molecule has 2 aliphatic heterocycles. The van der Waals surface area contributed by atoms with Gasteiger partial charge in [-0.25, -0.2) is 9.09 Å². The zero-order valence-corrected chi connectivity index (χ0v) is 18.9. The minimum Gasteiger partial charge on any atom is -0.403 e. The van der Waals surface area contributed by atoms with Gasteiger partial charge in [0.05, 0.1) is 6.61 Å². The summed E-state index contributed by atoms with van der Waals surface area (Å²) in [4.78, 5) is 14.2. The van der Waals surface area contributed by atoms with Gasteiger partial charge >= 0.3 is 13.8 Å². The van der Waals surface area contributed by atoms with E-state index in [9.17, 15) is 19.6 Å². The van der Waals surface area contributed by atoms with Crippen molar-refractivity contribution in [1.29, 1.82) is 0 Å². The number of fused-ring (bicyclic) bond motifs is 1. The van der Waals surface area contributed by atoms with Crippen LogP contribution in [0.3, 0.4) is 0 Å². The molecule has 0 radical (unpaired) electrons. The van der Waals surface area contributed by atoms with E-state index in [0.29, 0.717) is 16.9 Å². The first-order chi connectivity index (χ1) is 15.0. The van der Waals surface area contributed by atoms with Gasteiger partial charge in [-0.05, 0) is 44.5 Å². The fourth-order valence-corrected chi connectivity index (χ4v) is 5.37. The molecule has 12 heteroatoms. The first-order valence-corrected chi connectivity index (χ1v) is 11.6. The maximum absolute atomic E-state index is 13.0. The van der Waals surface area contributed by atoms with Gasteiger partial charge in [0.2, 0.25) is 0 Å². The molecule has 0 bridgehead atoms. The molecular formula is C20H21N2O8PS. The SMILES string of the molecule is C#Cc1cn(C2CCC(C(O)(O)OP3(=O)OCc4cc(C)cc(C)c4O3)O2)c(=S)[nH]c1=O. The van der Waals surface area contributed by atoms with Crippen LogP contribution in [0.2, 0.25) is 0 Å². The van der Waals surface area contributed by atoms with E-state index in [1.165, 1.54) is 10.8 Å². The highest BCUT2D eigenvalue weighted by atomic mass is 32.1. The summed E-state index contributed by atoms with van der Waals surface area (Å²) in [5.74, 6) is -0.431. The first kappa shape index (κ1) is 22.9. The van der Waals surface area contributed by atoms with Crippen LogP contribution in [0.1, 0.15) is 41.3 Å². The summed E-state index contributed by atoms with van der Waals surface area (Å²) in [6.07, 6.45) is 4.99. The number of aryl methyl sites for hydroxylation is 2. The van der Waals surface area contributed by atoms with Gasteiger partial charge < -0.3 is 19.5 Å². The Morgan fingerprint density at radius 1 is 1.38 bits per heavy atom. The van der Waals surface area contributed by atoms with Crippen molar-refractivity contribution in [3.05, 3.63) is 55.7 Å². The molecule has 4 rings (SSSR count). The molecule has 3 heterocycles. The highest BCUT2D eigenvalue weighted by molar-refractivity contribution is 7.71. The summed E-state index contributed by atoms with van der Waals surface area (Å²) in [5.41, 5.74) is 1.89. The number of terminal acetylenes is 1. The fraction of sp³-hybridized carbons (Fsp3) is 0.400. The second kappa shape index (κ2) is 8.24. The standard InChI is InChI=1S/C20H21N2O8PS/c1-4-13-9-22(19(32)21-18(13)23)16-6-5-15(28-16)20(24,25)30-31(26)27-10-14-8-11(2)7-12(3)17(14)29-31/h1,7-9,15-16,24-25H,5-6,10H2,2-3H3,(H,21,23,32). The molecule has 10 nitrogen and oxygen atoms in total. The maximum Gasteiger partial charge on any atom is 0.534 e. The average molecular weight is 480 g/mol. The van der Waals surface area contributed by atoms with Crippen LogP contribution >= 0.6 is 20.0 Å². The number of rotatable bonds is 4. The van der Waals surface area contributed by atoms with Gasteiger partial charge in [0.1, 0.15) is 23.6 Å². The van der Waals surface area contributed by atoms with Gasteiger partial charge in [0.15, 0.2) is 4.77 Å². The molecule has 0 saturated carbocycles. The van der Waals surface area contributed by atoms with Crippen molar-refractivity contribution < 1.29 is 33.1 Å². The molecule has 2 aliphatic rings. The highest BCUT2D eigenvalue weighted by Gasteiger charge is 2.51. The number of H-pyrrole nitrogens is 1. The van der Waals surface area contributed by atoms with E-state index in [1.54, 1.807) is 6.92 Å². The van der Waals surface area contributed by atoms with Gasteiger partial charge in [0.25, 0.3) is 5.56 Å². The number of phosphoric acid groups is 1. The fourth-order valence-electron chi connectivity index (χ4n) is 3.74. The number of hydrogen-bond acceptors (Lipinski definition) is 9. The van der Waals surface area contributed by atoms with E-state index in [0.717, 1.165) is 5.56 Å². The molecule has 0 aliphatic carbocycles. The second-order valence-electron chi connectivity index (χ2n) is 7.64. The number of ether oxygens (including phenoxy) is 1. The lowest BCUT2D eigenvalue weighted by molar-refractivity contribution is -0.349. The predicted molar refractivity (Wildman–Crippen MR) is 114 cm³/mol. The van der Waals surface area contributed by atoms with Crippen LogP contribution in [0, 0.1) is 31.0 Å². The Bertz CT molecular complexity index is 1280. The van der Waals surface area contributed by atoms with Gasteiger partial charge in [-0.1, -0.05) is 23.6 Å². The van der Waals surface area contributed by atoms with E-state index < -0.39 is 31.7 Å². The number of hydrogen-bond donors (Lipinski definition) is 3. The Kier molecular flexibility index (Phi) is 5.90. The third-order valence-corrected chi connectivity index (χ3v) is 6.83. The molecule has 1 saturated heterocycles. The Balaban J connectivity index is 1.52. The van der Waals surface area contributed by atoms with Crippen molar-refractivity contribution in [2.75, 3.05) is 0 Å². The quantitative estimate of drug-likeness (QED) is 0.261. The third-order valence-electron chi connectivity index (χ3n) is 5.17. The summed E-state index contributed by atoms with van der Waals surface area (Å²) < 4.78 is 35.8. The van der Waals surface area contributed by atoms with Gasteiger partial charge in [-0.3, -0.25) is 18.9 Å². The molecule has 1 fully saturated rings. The summed E-state index contributed by atoms with van der Waals surface area (Å²) in [6, 6.07) is 3.66. The van der Waals surface area contributed by atoms with Crippen molar-refractivity contribution in [2.45, 2.75) is 51.6 Å². The lowest BCUT2D eigenvalue weighted by Crippen LogP contribution is -2.44. The van der Waals surface area contributed by atoms with Crippen molar-refractivity contribution in [2.24, 2.45) is 0 Å². The van der Waals surface area contributed by atoms with Crippen LogP contribution in [0.4, 0.5) is 0 Å². The molecule has 170 valence electrons. The number of nitrogens with zero attached hydrogens (tertiary/aromatic N) is 1. The summed E-state index contributed by atoms with van der Waals surface area (Å²) in [7, 11) is -4.36. The number of aromatic nitrogens is 2. The molecule has 0 amide bonds. The van der Waals surface area contributed by atoms with Crippen LogP contribution in [0.5, 0.6) is 5.75 Å². The smallest absolute Gasteiger partial charge is 0.403 e. The predicted octanol–water partition coefficient (Wildman–Crippen LogP) is 2.55. The molecule has 0 spiro atoms. The van der Waals surface area contributed by atoms with Gasteiger partial charge in [-0.15, -0.1) is 6.42 Å². The zero-order valence-electron chi connectivity index (χ0n) is 17.2. The number of aliphatic hydroxyl groups is 2. The van der Waals surface area contributed by atoms with Crippen LogP contribution in [-0.2, 0) is 25.0 Å². The lowest BCUT2D eigenvalue weighted by Gasteiger charge is -2.33. The number of benzene rings is 1. The van der Waals surface area contributed by atoms with E-state index >= 15 is 0 Å². The molecule has 1 aromatic carbocycles. The molecule has 3 atom stereocenters. The molecule has 32 heavy (non-hydrogen) atoms. The normalized spacial score (nSPS) is 25.1. The Morgan fingerprint density at radius 3 is 2.84 bits per heavy atom. The first-order valence-electron chi connectivity index (χ1n) is 9.68. The number of aromatic amines is 1. The van der Waals surface area contributed by atoms with Crippen LogP contribution in [0.25, 0.3) is 0 Å². The molecule has 3 unspecified atom stereocenters. The van der Waals surface area contributed by atoms with E-state index in [-0.39, 0.29) is 29.8 Å². The maximum atomic E-state index is 13.0. The van der Waals surface area contributed by atoms with E-state index in [2.05, 4.69) is 10.9 Å². The molecular weight excluding hydrogens is 459 g/mol. The number of phosphoric ester groups is 1. The largest absolute Gasteiger partial charge is 0.534 e. The monoisotopic (exact) mass is 480 g/mol. The summed E-state index contributed by atoms with van der Waals surface area (Å²) in [5, 5.41) is 21.0. The van der Waals surface area contributed by atoms with Crippen molar-refractivity contribution >= 4 is 20.0 Å². The third kappa shape index (κ3) is 4.31. The van der Waals surface area contributed by atoms with E-state index in [1.807, 2.05) is 19.1 Å². The van der Waals surface area contributed by atoms with Crippen LogP contribution in [-0.4, -0.2) is 31.8 Å². The minimum atomic E-state index is -4.36. The summed E-state index contributed by atoms with van der Waals surface area (Å²) >= 11 is 5.14. The van der Waals surface area contributed by atoms with Crippen LogP contribution in [0.15, 0.2) is 23.1 Å². The molecule has 2 aromatic rings. The van der Waals surface area contributed by atoms with Gasteiger partial charge in [-0.2, -0.15) is 0 Å². The van der Waals surface area contributed by atoms with E-state index in [4.69, 9.17) is 36.9 Å². The Morgan fingerprint density at radius 2 is 2.12 bits per heavy atom. The lowest BCUT2D eigenvalue weighted by atomic mass is 10.1. The minimum absolute atomic E-state index is 0.0406. The van der Waals surface area contributed by atoms with Crippen molar-refractivity contribution in [1.82, 2.24) is 9.55 Å². The van der Waals surface area contributed by atoms with Crippen molar-refractivity contribution in [3.63, 3.8) is 0 Å². The topological polar surface area (TPSA) is 132 Å². The van der Waals surface area contributed by atoms with Gasteiger partial charge in [0, 0.05) is 11.8 Å². The second-order valence-corrected chi connectivity index (χ2v) is 9.55.